The zero-order valence-electron chi connectivity index (χ0n) is 16.3. The number of carbonyl (C=O) groups is 1. The van der Waals surface area contributed by atoms with E-state index < -0.39 is 0 Å². The molecule has 2 aromatic rings. The Morgan fingerprint density at radius 3 is 2.78 bits per heavy atom. The van der Waals surface area contributed by atoms with Gasteiger partial charge in [0.2, 0.25) is 0 Å². The van der Waals surface area contributed by atoms with E-state index in [1.165, 1.54) is 25.8 Å². The largest absolute Gasteiger partial charge is 0.334 e. The lowest BCUT2D eigenvalue weighted by molar-refractivity contribution is 0.0642. The van der Waals surface area contributed by atoms with Crippen LogP contribution < -0.4 is 5.32 Å². The quantitative estimate of drug-likeness (QED) is 0.908. The number of hydrogen-bond acceptors (Lipinski definition) is 3. The second-order valence-electron chi connectivity index (χ2n) is 7.69. The molecular weight excluding hydrogens is 338 g/mol. The molecule has 0 saturated carbocycles. The van der Waals surface area contributed by atoms with Crippen molar-refractivity contribution >= 4 is 6.03 Å². The third kappa shape index (κ3) is 3.72. The predicted octanol–water partition coefficient (Wildman–Crippen LogP) is 2.87. The fourth-order valence-corrected chi connectivity index (χ4v) is 4.37. The zero-order chi connectivity index (χ0) is 18.8. The van der Waals surface area contributed by atoms with E-state index in [2.05, 4.69) is 22.2 Å². The van der Waals surface area contributed by atoms with Crippen molar-refractivity contribution in [2.24, 2.45) is 0 Å². The highest BCUT2D eigenvalue weighted by Crippen LogP contribution is 2.21. The molecule has 2 aliphatic heterocycles. The highest BCUT2D eigenvalue weighted by molar-refractivity contribution is 5.74. The first-order valence-electron chi connectivity index (χ1n) is 10.0. The predicted molar refractivity (Wildman–Crippen MR) is 106 cm³/mol. The van der Waals surface area contributed by atoms with Gasteiger partial charge in [0.25, 0.3) is 0 Å². The SMILES string of the molecule is Cc1nn(-c2ccccc2)c(C)c1CNC(=O)N1CCN2CCCCC2C1. The van der Waals surface area contributed by atoms with Gasteiger partial charge in [-0.1, -0.05) is 24.6 Å². The Hall–Kier alpha value is -2.34. The van der Waals surface area contributed by atoms with Crippen LogP contribution in [0.1, 0.15) is 36.2 Å². The van der Waals surface area contributed by atoms with E-state index in [0.29, 0.717) is 12.6 Å². The summed E-state index contributed by atoms with van der Waals surface area (Å²) in [6.07, 6.45) is 3.80. The number of piperidine rings is 1. The molecule has 0 radical (unpaired) electrons. The minimum absolute atomic E-state index is 0.0477. The second kappa shape index (κ2) is 7.72. The molecule has 2 amide bonds. The molecule has 1 unspecified atom stereocenters. The summed E-state index contributed by atoms with van der Waals surface area (Å²) in [7, 11) is 0. The van der Waals surface area contributed by atoms with Gasteiger partial charge < -0.3 is 10.2 Å². The number of carbonyl (C=O) groups excluding carboxylic acids is 1. The second-order valence-corrected chi connectivity index (χ2v) is 7.69. The average molecular weight is 367 g/mol. The summed E-state index contributed by atoms with van der Waals surface area (Å²) in [6.45, 7) is 8.47. The van der Waals surface area contributed by atoms with E-state index in [4.69, 9.17) is 0 Å². The average Bonchev–Trinajstić information content (AvgIpc) is 3.00. The maximum atomic E-state index is 12.7. The van der Waals surface area contributed by atoms with Crippen LogP contribution in [-0.2, 0) is 6.54 Å². The van der Waals surface area contributed by atoms with E-state index >= 15 is 0 Å². The van der Waals surface area contributed by atoms with E-state index in [-0.39, 0.29) is 6.03 Å². The standard InChI is InChI=1S/C21H29N5O/c1-16-20(17(2)26(23-16)18-8-4-3-5-9-18)14-22-21(27)25-13-12-24-11-7-6-10-19(24)15-25/h3-5,8-9,19H,6-7,10-15H2,1-2H3,(H,22,27). The first kappa shape index (κ1) is 18.0. The number of urea groups is 1. The number of nitrogens with one attached hydrogen (secondary N) is 1. The summed E-state index contributed by atoms with van der Waals surface area (Å²) < 4.78 is 1.96. The van der Waals surface area contributed by atoms with E-state index in [9.17, 15) is 4.79 Å². The number of benzene rings is 1. The molecule has 27 heavy (non-hydrogen) atoms. The lowest BCUT2D eigenvalue weighted by atomic mass is 10.00. The molecule has 6 heteroatoms. The fraction of sp³-hybridized carbons (Fsp3) is 0.524. The molecule has 6 nitrogen and oxygen atoms in total. The molecule has 4 rings (SSSR count). The maximum Gasteiger partial charge on any atom is 0.317 e. The highest BCUT2D eigenvalue weighted by Gasteiger charge is 2.31. The number of fused-ring (bicyclic) bond motifs is 1. The van der Waals surface area contributed by atoms with Gasteiger partial charge in [0.1, 0.15) is 0 Å². The molecule has 1 aromatic carbocycles. The molecule has 0 aliphatic carbocycles. The number of rotatable bonds is 3. The molecule has 1 aromatic heterocycles. The van der Waals surface area contributed by atoms with E-state index in [1.54, 1.807) is 0 Å². The lowest BCUT2D eigenvalue weighted by Crippen LogP contribution is -2.57. The van der Waals surface area contributed by atoms with Gasteiger partial charge in [-0.25, -0.2) is 9.48 Å². The summed E-state index contributed by atoms with van der Waals surface area (Å²) in [5.74, 6) is 0. The normalized spacial score (nSPS) is 20.4. The Morgan fingerprint density at radius 1 is 1.15 bits per heavy atom. The van der Waals surface area contributed by atoms with Crippen molar-refractivity contribution in [3.05, 3.63) is 47.3 Å². The number of hydrogen-bond donors (Lipinski definition) is 1. The number of piperazine rings is 1. The van der Waals surface area contributed by atoms with Crippen molar-refractivity contribution in [3.8, 4) is 5.69 Å². The molecular formula is C21H29N5O. The summed E-state index contributed by atoms with van der Waals surface area (Å²) in [4.78, 5) is 17.2. The van der Waals surface area contributed by atoms with Gasteiger partial charge in [0.05, 0.1) is 11.4 Å². The lowest BCUT2D eigenvalue weighted by Gasteiger charge is -2.43. The van der Waals surface area contributed by atoms with Crippen molar-refractivity contribution < 1.29 is 4.79 Å². The molecule has 1 atom stereocenters. The van der Waals surface area contributed by atoms with Crippen molar-refractivity contribution in [2.45, 2.75) is 45.7 Å². The first-order valence-corrected chi connectivity index (χ1v) is 10.0. The van der Waals surface area contributed by atoms with Crippen LogP contribution in [-0.4, -0.2) is 57.8 Å². The summed E-state index contributed by atoms with van der Waals surface area (Å²) in [5.41, 5.74) is 4.19. The van der Waals surface area contributed by atoms with Crippen LogP contribution in [0, 0.1) is 13.8 Å². The van der Waals surface area contributed by atoms with Crippen molar-refractivity contribution in [2.75, 3.05) is 26.2 Å². The number of aryl methyl sites for hydroxylation is 1. The van der Waals surface area contributed by atoms with E-state index in [0.717, 1.165) is 42.3 Å². The van der Waals surface area contributed by atoms with Crippen LogP contribution in [0.5, 0.6) is 0 Å². The first-order chi connectivity index (χ1) is 13.1. The minimum atomic E-state index is 0.0477. The topological polar surface area (TPSA) is 53.4 Å². The number of aromatic nitrogens is 2. The van der Waals surface area contributed by atoms with Crippen LogP contribution in [0.3, 0.4) is 0 Å². The smallest absolute Gasteiger partial charge is 0.317 e. The van der Waals surface area contributed by atoms with Gasteiger partial charge in [-0.2, -0.15) is 5.10 Å². The molecule has 2 fully saturated rings. The van der Waals surface area contributed by atoms with Crippen LogP contribution in [0.15, 0.2) is 30.3 Å². The Kier molecular flexibility index (Phi) is 5.16. The summed E-state index contributed by atoms with van der Waals surface area (Å²) in [5, 5.41) is 7.80. The van der Waals surface area contributed by atoms with Crippen LogP contribution in [0.2, 0.25) is 0 Å². The van der Waals surface area contributed by atoms with Crippen LogP contribution in [0.25, 0.3) is 5.69 Å². The molecule has 1 N–H and O–H groups in total. The van der Waals surface area contributed by atoms with Crippen LogP contribution in [0.4, 0.5) is 4.79 Å². The third-order valence-corrected chi connectivity index (χ3v) is 5.98. The van der Waals surface area contributed by atoms with Gasteiger partial charge in [-0.15, -0.1) is 0 Å². The van der Waals surface area contributed by atoms with Crippen molar-refractivity contribution in [1.82, 2.24) is 24.9 Å². The molecule has 2 aliphatic rings. The summed E-state index contributed by atoms with van der Waals surface area (Å²) >= 11 is 0. The Morgan fingerprint density at radius 2 is 1.96 bits per heavy atom. The summed E-state index contributed by atoms with van der Waals surface area (Å²) in [6, 6.07) is 10.7. The molecule has 0 spiro atoms. The molecule has 3 heterocycles. The van der Waals surface area contributed by atoms with E-state index in [1.807, 2.05) is 46.8 Å². The number of para-hydroxylation sites is 1. The van der Waals surface area contributed by atoms with Gasteiger partial charge >= 0.3 is 6.03 Å². The maximum absolute atomic E-state index is 12.7. The zero-order valence-corrected chi connectivity index (χ0v) is 16.3. The van der Waals surface area contributed by atoms with Crippen LogP contribution >= 0.6 is 0 Å². The van der Waals surface area contributed by atoms with Gasteiger partial charge in [-0.05, 0) is 45.4 Å². The van der Waals surface area contributed by atoms with Gasteiger partial charge in [-0.3, -0.25) is 4.90 Å². The Balaban J connectivity index is 1.40. The highest BCUT2D eigenvalue weighted by atomic mass is 16.2. The van der Waals surface area contributed by atoms with Crippen molar-refractivity contribution in [3.63, 3.8) is 0 Å². The molecule has 0 bridgehead atoms. The monoisotopic (exact) mass is 367 g/mol. The van der Waals surface area contributed by atoms with Gasteiger partial charge in [0.15, 0.2) is 0 Å². The van der Waals surface area contributed by atoms with Gasteiger partial charge in [0, 0.05) is 43.5 Å². The Bertz CT molecular complexity index is 800. The number of amides is 2. The minimum Gasteiger partial charge on any atom is -0.334 e. The van der Waals surface area contributed by atoms with Crippen molar-refractivity contribution in [1.29, 1.82) is 0 Å². The number of nitrogens with zero attached hydrogens (tertiary/aromatic N) is 4. The molecule has 144 valence electrons. The molecule has 2 saturated heterocycles. The fourth-order valence-electron chi connectivity index (χ4n) is 4.37. The Labute approximate surface area is 161 Å². The third-order valence-electron chi connectivity index (χ3n) is 5.98.